The normalized spacial score (nSPS) is 12.7. The van der Waals surface area contributed by atoms with Gasteiger partial charge >= 0.3 is 11.9 Å². The molecular formula is C14H19NO4. The molecule has 0 bridgehead atoms. The lowest BCUT2D eigenvalue weighted by molar-refractivity contribution is -0.145. The Hall–Kier alpha value is -1.88. The number of aliphatic carboxylic acids is 2. The van der Waals surface area contributed by atoms with Crippen molar-refractivity contribution in [1.82, 2.24) is 4.90 Å². The first kappa shape index (κ1) is 15.2. The van der Waals surface area contributed by atoms with Gasteiger partial charge in [-0.15, -0.1) is 0 Å². The number of benzene rings is 1. The third kappa shape index (κ3) is 4.06. The molecule has 0 fully saturated rings. The smallest absolute Gasteiger partial charge is 0.325 e. The molecule has 1 aromatic carbocycles. The number of carbonyl (C=O) groups is 2. The zero-order chi connectivity index (χ0) is 14.6. The maximum absolute atomic E-state index is 11.3. The van der Waals surface area contributed by atoms with Crippen LogP contribution in [-0.4, -0.2) is 40.6 Å². The van der Waals surface area contributed by atoms with Gasteiger partial charge in [0, 0.05) is 0 Å². The van der Waals surface area contributed by atoms with Gasteiger partial charge in [-0.1, -0.05) is 38.1 Å². The average Bonchev–Trinajstić information content (AvgIpc) is 2.28. The fourth-order valence-electron chi connectivity index (χ4n) is 1.95. The van der Waals surface area contributed by atoms with Gasteiger partial charge in [0.25, 0.3) is 0 Å². The second kappa shape index (κ2) is 6.33. The van der Waals surface area contributed by atoms with E-state index in [2.05, 4.69) is 13.8 Å². The van der Waals surface area contributed by atoms with Crippen LogP contribution in [0, 0.1) is 0 Å². The van der Waals surface area contributed by atoms with Crippen molar-refractivity contribution in [3.8, 4) is 0 Å². The van der Waals surface area contributed by atoms with Crippen molar-refractivity contribution < 1.29 is 19.8 Å². The average molecular weight is 265 g/mol. The molecule has 0 spiro atoms. The highest BCUT2D eigenvalue weighted by Crippen LogP contribution is 2.22. The van der Waals surface area contributed by atoms with Gasteiger partial charge in [0.1, 0.15) is 6.04 Å². The van der Waals surface area contributed by atoms with Crippen molar-refractivity contribution in [2.45, 2.75) is 25.8 Å². The van der Waals surface area contributed by atoms with E-state index in [1.54, 1.807) is 12.1 Å². The first-order valence-electron chi connectivity index (χ1n) is 6.07. The standard InChI is InChI=1S/C14H19NO4/c1-9(2)10-4-6-11(7-5-10)13(14(18)19)15(3)8-12(16)17/h4-7,9,13H,8H2,1-3H3,(H,16,17)(H,18,19). The minimum Gasteiger partial charge on any atom is -0.480 e. The van der Waals surface area contributed by atoms with Gasteiger partial charge in [-0.2, -0.15) is 0 Å². The van der Waals surface area contributed by atoms with Crippen molar-refractivity contribution in [2.24, 2.45) is 0 Å². The predicted molar refractivity (Wildman–Crippen MR) is 71.2 cm³/mol. The summed E-state index contributed by atoms with van der Waals surface area (Å²) in [6.45, 7) is 3.80. The molecule has 0 heterocycles. The fourth-order valence-corrected chi connectivity index (χ4v) is 1.95. The first-order valence-corrected chi connectivity index (χ1v) is 6.07. The molecule has 0 aromatic heterocycles. The van der Waals surface area contributed by atoms with Crippen LogP contribution in [0.3, 0.4) is 0 Å². The molecule has 104 valence electrons. The summed E-state index contributed by atoms with van der Waals surface area (Å²) < 4.78 is 0. The molecule has 1 rings (SSSR count). The van der Waals surface area contributed by atoms with E-state index >= 15 is 0 Å². The van der Waals surface area contributed by atoms with Crippen LogP contribution in [0.2, 0.25) is 0 Å². The van der Waals surface area contributed by atoms with Gasteiger partial charge in [0.15, 0.2) is 0 Å². The van der Waals surface area contributed by atoms with Crippen LogP contribution < -0.4 is 0 Å². The van der Waals surface area contributed by atoms with E-state index in [0.29, 0.717) is 11.5 Å². The van der Waals surface area contributed by atoms with Crippen LogP contribution >= 0.6 is 0 Å². The number of rotatable bonds is 6. The van der Waals surface area contributed by atoms with Crippen LogP contribution in [0.4, 0.5) is 0 Å². The summed E-state index contributed by atoms with van der Waals surface area (Å²) >= 11 is 0. The Labute approximate surface area is 112 Å². The molecule has 5 heteroatoms. The van der Waals surface area contributed by atoms with E-state index in [9.17, 15) is 14.7 Å². The molecule has 0 aliphatic rings. The Morgan fingerprint density at radius 2 is 1.58 bits per heavy atom. The predicted octanol–water partition coefficient (Wildman–Crippen LogP) is 1.95. The van der Waals surface area contributed by atoms with E-state index < -0.39 is 18.0 Å². The van der Waals surface area contributed by atoms with Gasteiger partial charge in [-0.05, 0) is 24.1 Å². The van der Waals surface area contributed by atoms with E-state index in [1.165, 1.54) is 11.9 Å². The summed E-state index contributed by atoms with van der Waals surface area (Å²) in [6.07, 6.45) is 0. The lowest BCUT2D eigenvalue weighted by Crippen LogP contribution is -2.34. The third-order valence-corrected chi connectivity index (χ3v) is 2.98. The summed E-state index contributed by atoms with van der Waals surface area (Å²) in [6, 6.07) is 6.30. The zero-order valence-electron chi connectivity index (χ0n) is 11.3. The van der Waals surface area contributed by atoms with Gasteiger partial charge in [-0.3, -0.25) is 14.5 Å². The lowest BCUT2D eigenvalue weighted by atomic mass is 9.98. The first-order chi connectivity index (χ1) is 8.82. The molecule has 1 aromatic rings. The van der Waals surface area contributed by atoms with Crippen LogP contribution in [-0.2, 0) is 9.59 Å². The number of likely N-dealkylation sites (N-methyl/N-ethyl adjacent to an activating group) is 1. The minimum absolute atomic E-state index is 0.317. The Morgan fingerprint density at radius 1 is 1.11 bits per heavy atom. The summed E-state index contributed by atoms with van der Waals surface area (Å²) in [5, 5.41) is 18.0. The molecule has 0 radical (unpaired) electrons. The fraction of sp³-hybridized carbons (Fsp3) is 0.429. The molecule has 0 saturated carbocycles. The summed E-state index contributed by atoms with van der Waals surface area (Å²) in [5.41, 5.74) is 1.70. The van der Waals surface area contributed by atoms with Crippen molar-refractivity contribution in [3.63, 3.8) is 0 Å². The second-order valence-electron chi connectivity index (χ2n) is 4.87. The number of carboxylic acids is 2. The molecular weight excluding hydrogens is 246 g/mol. The molecule has 1 unspecified atom stereocenters. The van der Waals surface area contributed by atoms with E-state index in [-0.39, 0.29) is 6.54 Å². The summed E-state index contributed by atoms with van der Waals surface area (Å²) in [7, 11) is 1.49. The highest BCUT2D eigenvalue weighted by atomic mass is 16.4. The maximum atomic E-state index is 11.3. The molecule has 0 amide bonds. The largest absolute Gasteiger partial charge is 0.480 e. The maximum Gasteiger partial charge on any atom is 0.325 e. The second-order valence-corrected chi connectivity index (χ2v) is 4.87. The molecule has 0 saturated heterocycles. The van der Waals surface area contributed by atoms with Gasteiger partial charge in [0.2, 0.25) is 0 Å². The number of carboxylic acid groups (broad SMARTS) is 2. The molecule has 5 nitrogen and oxygen atoms in total. The summed E-state index contributed by atoms with van der Waals surface area (Å²) in [4.78, 5) is 23.3. The quantitative estimate of drug-likeness (QED) is 0.822. The highest BCUT2D eigenvalue weighted by molar-refractivity contribution is 5.77. The number of nitrogens with zero attached hydrogens (tertiary/aromatic N) is 1. The van der Waals surface area contributed by atoms with Crippen molar-refractivity contribution >= 4 is 11.9 Å². The third-order valence-electron chi connectivity index (χ3n) is 2.98. The van der Waals surface area contributed by atoms with Crippen molar-refractivity contribution in [1.29, 1.82) is 0 Å². The lowest BCUT2D eigenvalue weighted by Gasteiger charge is -2.23. The van der Waals surface area contributed by atoms with Gasteiger partial charge in [0.05, 0.1) is 6.54 Å². The molecule has 0 aliphatic carbocycles. The molecule has 19 heavy (non-hydrogen) atoms. The Morgan fingerprint density at radius 3 is 1.95 bits per heavy atom. The zero-order valence-corrected chi connectivity index (χ0v) is 11.3. The van der Waals surface area contributed by atoms with E-state index in [1.807, 2.05) is 12.1 Å². The Bertz CT molecular complexity index is 453. The minimum atomic E-state index is -1.05. The Kier molecular flexibility index (Phi) is 5.06. The van der Waals surface area contributed by atoms with E-state index in [0.717, 1.165) is 5.56 Å². The molecule has 1 atom stereocenters. The van der Waals surface area contributed by atoms with Crippen LogP contribution in [0.25, 0.3) is 0 Å². The molecule has 0 aliphatic heterocycles. The highest BCUT2D eigenvalue weighted by Gasteiger charge is 2.26. The van der Waals surface area contributed by atoms with Gasteiger partial charge in [-0.25, -0.2) is 0 Å². The van der Waals surface area contributed by atoms with E-state index in [4.69, 9.17) is 5.11 Å². The SMILES string of the molecule is CC(C)c1ccc(C(C(=O)O)N(C)CC(=O)O)cc1. The number of hydrogen-bond acceptors (Lipinski definition) is 3. The monoisotopic (exact) mass is 265 g/mol. The Balaban J connectivity index is 2.99. The van der Waals surface area contributed by atoms with Crippen molar-refractivity contribution in [2.75, 3.05) is 13.6 Å². The molecule has 2 N–H and O–H groups in total. The number of hydrogen-bond donors (Lipinski definition) is 2. The van der Waals surface area contributed by atoms with Crippen LogP contribution in [0.15, 0.2) is 24.3 Å². The van der Waals surface area contributed by atoms with Crippen molar-refractivity contribution in [3.05, 3.63) is 35.4 Å². The topological polar surface area (TPSA) is 77.8 Å². The van der Waals surface area contributed by atoms with Crippen LogP contribution in [0.5, 0.6) is 0 Å². The summed E-state index contributed by atoms with van der Waals surface area (Å²) in [5.74, 6) is -1.73. The van der Waals surface area contributed by atoms with Crippen LogP contribution in [0.1, 0.15) is 36.9 Å². The van der Waals surface area contributed by atoms with Gasteiger partial charge < -0.3 is 10.2 Å².